The van der Waals surface area contributed by atoms with Gasteiger partial charge in [0.05, 0.1) is 0 Å². The maximum absolute atomic E-state index is 12.6. The van der Waals surface area contributed by atoms with Gasteiger partial charge >= 0.3 is 0 Å². The average molecular weight is 397 g/mol. The van der Waals surface area contributed by atoms with Crippen molar-refractivity contribution in [3.8, 4) is 11.4 Å². The Labute approximate surface area is 163 Å². The number of benzene rings is 1. The molecule has 0 spiro atoms. The van der Waals surface area contributed by atoms with E-state index >= 15 is 0 Å². The number of fused-ring (bicyclic) bond motifs is 1. The summed E-state index contributed by atoms with van der Waals surface area (Å²) in [5.74, 6) is 1.98. The summed E-state index contributed by atoms with van der Waals surface area (Å²) < 4.78 is 0. The minimum atomic E-state index is 0. The first-order valence-corrected chi connectivity index (χ1v) is 9.09. The van der Waals surface area contributed by atoms with Crippen LogP contribution >= 0.6 is 24.0 Å². The summed E-state index contributed by atoms with van der Waals surface area (Å²) >= 11 is 5.89. The molecule has 7 nitrogen and oxygen atoms in total. The molecule has 140 valence electrons. The number of hydrogen-bond acceptors (Lipinski definition) is 5. The Kier molecular flexibility index (Phi) is 6.11. The zero-order chi connectivity index (χ0) is 17.2. The predicted octanol–water partition coefficient (Wildman–Crippen LogP) is 1.87. The highest BCUT2D eigenvalue weighted by atomic mass is 35.5. The van der Waals surface area contributed by atoms with Crippen molar-refractivity contribution in [2.75, 3.05) is 26.2 Å². The molecule has 2 aromatic rings. The third kappa shape index (κ3) is 4.16. The maximum Gasteiger partial charge on any atom is 0.246 e. The fourth-order valence-electron chi connectivity index (χ4n) is 3.71. The number of nitrogens with one attached hydrogen (secondary N) is 1. The Morgan fingerprint density at radius 3 is 2.46 bits per heavy atom. The van der Waals surface area contributed by atoms with Crippen LogP contribution in [0.1, 0.15) is 12.8 Å². The number of carbonyl (C=O) groups is 1. The van der Waals surface area contributed by atoms with Gasteiger partial charge in [-0.25, -0.2) is 0 Å². The Morgan fingerprint density at radius 1 is 1.15 bits per heavy atom. The van der Waals surface area contributed by atoms with E-state index in [-0.39, 0.29) is 24.9 Å². The monoisotopic (exact) mass is 396 g/mol. The number of nitrogens with zero attached hydrogens (tertiary/aromatic N) is 5. The number of amides is 1. The minimum Gasteiger partial charge on any atom is -0.341 e. The molecule has 2 aliphatic heterocycles. The van der Waals surface area contributed by atoms with E-state index in [1.54, 1.807) is 12.1 Å². The molecule has 1 aromatic carbocycles. The van der Waals surface area contributed by atoms with Crippen LogP contribution in [-0.2, 0) is 11.3 Å². The molecule has 0 unspecified atom stereocenters. The quantitative estimate of drug-likeness (QED) is 0.856. The van der Waals surface area contributed by atoms with Gasteiger partial charge in [0, 0.05) is 23.7 Å². The number of likely N-dealkylation sites (tertiary alicyclic amines) is 1. The second-order valence-electron chi connectivity index (χ2n) is 6.79. The number of aromatic nitrogens is 4. The molecule has 2 saturated heterocycles. The van der Waals surface area contributed by atoms with E-state index < -0.39 is 0 Å². The Hall–Kier alpha value is -1.70. The van der Waals surface area contributed by atoms with Crippen molar-refractivity contribution in [3.05, 3.63) is 29.3 Å². The summed E-state index contributed by atoms with van der Waals surface area (Å²) in [6, 6.07) is 7.25. The first-order chi connectivity index (χ1) is 12.2. The number of tetrazole rings is 1. The van der Waals surface area contributed by atoms with Crippen molar-refractivity contribution in [1.82, 2.24) is 30.4 Å². The Morgan fingerprint density at radius 2 is 1.81 bits per heavy atom. The molecule has 1 N–H and O–H groups in total. The van der Waals surface area contributed by atoms with Gasteiger partial charge in [0.2, 0.25) is 11.7 Å². The summed E-state index contributed by atoms with van der Waals surface area (Å²) in [5.41, 5.74) is 0.832. The van der Waals surface area contributed by atoms with Crippen LogP contribution in [0.4, 0.5) is 0 Å². The number of rotatable bonds is 3. The number of halogens is 2. The molecular weight excluding hydrogens is 375 g/mol. The molecule has 0 aliphatic carbocycles. The predicted molar refractivity (Wildman–Crippen MR) is 101 cm³/mol. The molecule has 3 heterocycles. The van der Waals surface area contributed by atoms with Crippen molar-refractivity contribution in [2.45, 2.75) is 19.4 Å². The van der Waals surface area contributed by atoms with Crippen LogP contribution in [-0.4, -0.2) is 57.2 Å². The highest BCUT2D eigenvalue weighted by Gasteiger charge is 2.31. The number of carbonyl (C=O) groups excluding carboxylic acids is 1. The standard InChI is InChI=1S/C17H21ClN6O.ClH/c18-15-3-1-12(2-4-15)17-20-22-24(21-17)11-16(25)23-7-5-13-9-19-10-14(13)6-8-23;/h1-4,13-14,19H,5-11H2;1H/t13-,14+;. The lowest BCUT2D eigenvalue weighted by Gasteiger charge is -2.20. The number of hydrogen-bond donors (Lipinski definition) is 1. The first kappa shape index (κ1) is 19.1. The van der Waals surface area contributed by atoms with E-state index in [0.717, 1.165) is 44.6 Å². The summed E-state index contributed by atoms with van der Waals surface area (Å²) in [4.78, 5) is 15.9. The van der Waals surface area contributed by atoms with Crippen LogP contribution in [0, 0.1) is 11.8 Å². The van der Waals surface area contributed by atoms with Gasteiger partial charge in [-0.3, -0.25) is 4.79 Å². The third-order valence-corrected chi connectivity index (χ3v) is 5.46. The lowest BCUT2D eigenvalue weighted by molar-refractivity contribution is -0.132. The molecule has 2 atom stereocenters. The van der Waals surface area contributed by atoms with Gasteiger partial charge < -0.3 is 10.2 Å². The van der Waals surface area contributed by atoms with Gasteiger partial charge in [-0.05, 0) is 67.2 Å². The molecule has 4 rings (SSSR count). The van der Waals surface area contributed by atoms with Crippen LogP contribution in [0.5, 0.6) is 0 Å². The second-order valence-corrected chi connectivity index (χ2v) is 7.22. The molecule has 0 radical (unpaired) electrons. The molecular formula is C17H22Cl2N6O. The fraction of sp³-hybridized carbons (Fsp3) is 0.529. The zero-order valence-electron chi connectivity index (χ0n) is 14.3. The first-order valence-electron chi connectivity index (χ1n) is 8.71. The van der Waals surface area contributed by atoms with Gasteiger partial charge in [-0.1, -0.05) is 11.6 Å². The SMILES string of the molecule is Cl.O=C(Cn1nnc(-c2ccc(Cl)cc2)n1)N1CC[C@@H]2CNC[C@@H]2CC1. The van der Waals surface area contributed by atoms with Gasteiger partial charge in [0.1, 0.15) is 6.54 Å². The molecule has 0 bridgehead atoms. The Bertz CT molecular complexity index is 736. The van der Waals surface area contributed by atoms with Gasteiger partial charge in [-0.15, -0.1) is 22.6 Å². The van der Waals surface area contributed by atoms with Crippen LogP contribution in [0.2, 0.25) is 5.02 Å². The molecule has 1 aromatic heterocycles. The lowest BCUT2D eigenvalue weighted by Crippen LogP contribution is -2.35. The van der Waals surface area contributed by atoms with E-state index in [0.29, 0.717) is 22.7 Å². The molecule has 9 heteroatoms. The van der Waals surface area contributed by atoms with Crippen molar-refractivity contribution in [3.63, 3.8) is 0 Å². The summed E-state index contributed by atoms with van der Waals surface area (Å²) in [7, 11) is 0. The summed E-state index contributed by atoms with van der Waals surface area (Å²) in [5, 5.41) is 16.5. The van der Waals surface area contributed by atoms with Crippen molar-refractivity contribution in [1.29, 1.82) is 0 Å². The Balaban J connectivity index is 0.00000196. The van der Waals surface area contributed by atoms with Gasteiger partial charge in [0.15, 0.2) is 0 Å². The van der Waals surface area contributed by atoms with Crippen molar-refractivity contribution in [2.24, 2.45) is 11.8 Å². The smallest absolute Gasteiger partial charge is 0.246 e. The third-order valence-electron chi connectivity index (χ3n) is 5.20. The van der Waals surface area contributed by atoms with E-state index in [1.807, 2.05) is 17.0 Å². The highest BCUT2D eigenvalue weighted by Crippen LogP contribution is 2.27. The van der Waals surface area contributed by atoms with Crippen LogP contribution in [0.25, 0.3) is 11.4 Å². The van der Waals surface area contributed by atoms with Crippen molar-refractivity contribution < 1.29 is 4.79 Å². The van der Waals surface area contributed by atoms with Crippen LogP contribution < -0.4 is 5.32 Å². The normalized spacial score (nSPS) is 22.4. The van der Waals surface area contributed by atoms with Crippen LogP contribution in [0.15, 0.2) is 24.3 Å². The largest absolute Gasteiger partial charge is 0.341 e. The van der Waals surface area contributed by atoms with Gasteiger partial charge in [0.25, 0.3) is 0 Å². The van der Waals surface area contributed by atoms with E-state index in [9.17, 15) is 4.79 Å². The minimum absolute atomic E-state index is 0. The fourth-order valence-corrected chi connectivity index (χ4v) is 3.84. The van der Waals surface area contributed by atoms with Gasteiger partial charge in [-0.2, -0.15) is 4.80 Å². The van der Waals surface area contributed by atoms with E-state index in [4.69, 9.17) is 11.6 Å². The molecule has 0 saturated carbocycles. The van der Waals surface area contributed by atoms with Crippen LogP contribution in [0.3, 0.4) is 0 Å². The van der Waals surface area contributed by atoms with Crippen molar-refractivity contribution >= 4 is 29.9 Å². The maximum atomic E-state index is 12.6. The van der Waals surface area contributed by atoms with E-state index in [2.05, 4.69) is 20.7 Å². The zero-order valence-corrected chi connectivity index (χ0v) is 15.9. The van der Waals surface area contributed by atoms with E-state index in [1.165, 1.54) is 4.80 Å². The lowest BCUT2D eigenvalue weighted by atomic mass is 9.92. The average Bonchev–Trinajstić information content (AvgIpc) is 3.21. The summed E-state index contributed by atoms with van der Waals surface area (Å²) in [6.45, 7) is 3.94. The molecule has 26 heavy (non-hydrogen) atoms. The molecule has 2 aliphatic rings. The topological polar surface area (TPSA) is 75.9 Å². The summed E-state index contributed by atoms with van der Waals surface area (Å²) in [6.07, 6.45) is 2.15. The molecule has 2 fully saturated rings. The second kappa shape index (κ2) is 8.33. The molecule has 1 amide bonds. The highest BCUT2D eigenvalue weighted by molar-refractivity contribution is 6.30.